The van der Waals surface area contributed by atoms with Gasteiger partial charge in [0.05, 0.1) is 7.11 Å². The number of nitrogens with two attached hydrogens (primary N) is 1. The zero-order valence-corrected chi connectivity index (χ0v) is 8.38. The highest BCUT2D eigenvalue weighted by Gasteiger charge is 2.51. The van der Waals surface area contributed by atoms with E-state index in [1.807, 2.05) is 6.92 Å². The minimum absolute atomic E-state index is 0.0494. The molecule has 1 saturated carbocycles. The summed E-state index contributed by atoms with van der Waals surface area (Å²) in [6.45, 7) is 1.97. The fourth-order valence-electron chi connectivity index (χ4n) is 1.91. The van der Waals surface area contributed by atoms with Crippen LogP contribution in [0.25, 0.3) is 0 Å². The Labute approximate surface area is 82.9 Å². The number of benzene rings is 1. The van der Waals surface area contributed by atoms with E-state index in [1.54, 1.807) is 19.2 Å². The molecule has 3 heteroatoms. The first-order chi connectivity index (χ1) is 6.59. The molecule has 0 radical (unpaired) electrons. The Morgan fingerprint density at radius 2 is 2.21 bits per heavy atom. The van der Waals surface area contributed by atoms with E-state index in [0.29, 0.717) is 11.3 Å². The molecule has 1 aliphatic carbocycles. The normalized spacial score (nSPS) is 30.1. The Morgan fingerprint density at radius 1 is 1.57 bits per heavy atom. The van der Waals surface area contributed by atoms with E-state index < -0.39 is 0 Å². The third-order valence-corrected chi connectivity index (χ3v) is 3.07. The third-order valence-electron chi connectivity index (χ3n) is 3.07. The van der Waals surface area contributed by atoms with Crippen molar-refractivity contribution in [3.05, 3.63) is 29.6 Å². The van der Waals surface area contributed by atoms with E-state index in [-0.39, 0.29) is 17.3 Å². The fraction of sp³-hybridized carbons (Fsp3) is 0.455. The van der Waals surface area contributed by atoms with Crippen LogP contribution in [0.5, 0.6) is 5.75 Å². The molecule has 0 bridgehead atoms. The molecule has 1 aromatic rings. The predicted octanol–water partition coefficient (Wildman–Crippen LogP) is 1.82. The number of ether oxygens (including phenoxy) is 1. The van der Waals surface area contributed by atoms with Crippen molar-refractivity contribution in [2.24, 2.45) is 5.73 Å². The predicted molar refractivity (Wildman–Crippen MR) is 52.9 cm³/mol. The lowest BCUT2D eigenvalue weighted by Crippen LogP contribution is -2.17. The Kier molecular flexibility index (Phi) is 2.00. The highest BCUT2D eigenvalue weighted by atomic mass is 19.1. The minimum atomic E-state index is -0.239. The van der Waals surface area contributed by atoms with Crippen LogP contribution in [-0.2, 0) is 5.41 Å². The first kappa shape index (κ1) is 9.46. The maximum Gasteiger partial charge on any atom is 0.130 e. The van der Waals surface area contributed by atoms with Crippen LogP contribution in [0.1, 0.15) is 18.9 Å². The van der Waals surface area contributed by atoms with Gasteiger partial charge >= 0.3 is 0 Å². The monoisotopic (exact) mass is 195 g/mol. The first-order valence-electron chi connectivity index (χ1n) is 4.68. The van der Waals surface area contributed by atoms with E-state index in [1.165, 1.54) is 6.07 Å². The van der Waals surface area contributed by atoms with Crippen LogP contribution in [0.4, 0.5) is 4.39 Å². The topological polar surface area (TPSA) is 35.2 Å². The van der Waals surface area contributed by atoms with Gasteiger partial charge in [-0.3, -0.25) is 0 Å². The summed E-state index contributed by atoms with van der Waals surface area (Å²) in [5.41, 5.74) is 6.18. The number of rotatable bonds is 2. The quantitative estimate of drug-likeness (QED) is 0.781. The summed E-state index contributed by atoms with van der Waals surface area (Å²) in [7, 11) is 1.55. The van der Waals surface area contributed by atoms with Gasteiger partial charge < -0.3 is 10.5 Å². The van der Waals surface area contributed by atoms with Crippen molar-refractivity contribution in [2.75, 3.05) is 7.11 Å². The maximum atomic E-state index is 13.6. The summed E-state index contributed by atoms with van der Waals surface area (Å²) < 4.78 is 18.8. The lowest BCUT2D eigenvalue weighted by atomic mass is 9.96. The molecule has 0 saturated heterocycles. The summed E-state index contributed by atoms with van der Waals surface area (Å²) >= 11 is 0. The van der Waals surface area contributed by atoms with Crippen LogP contribution in [0.3, 0.4) is 0 Å². The smallest absolute Gasteiger partial charge is 0.130 e. The standard InChI is InChI=1S/C11H14FNO/c1-11(6-9(11)13)10-7(12)4-3-5-8(10)14-2/h3-5,9H,6,13H2,1-2H3. The molecule has 0 spiro atoms. The van der Waals surface area contributed by atoms with Crippen molar-refractivity contribution < 1.29 is 9.13 Å². The molecule has 1 fully saturated rings. The average molecular weight is 195 g/mol. The van der Waals surface area contributed by atoms with Gasteiger partial charge in [0.25, 0.3) is 0 Å². The van der Waals surface area contributed by atoms with Crippen LogP contribution in [0.15, 0.2) is 18.2 Å². The maximum absolute atomic E-state index is 13.6. The van der Waals surface area contributed by atoms with Gasteiger partial charge in [-0.05, 0) is 18.6 Å². The second-order valence-electron chi connectivity index (χ2n) is 4.05. The molecule has 14 heavy (non-hydrogen) atoms. The van der Waals surface area contributed by atoms with Crippen LogP contribution in [-0.4, -0.2) is 13.2 Å². The highest BCUT2D eigenvalue weighted by molar-refractivity contribution is 5.46. The Balaban J connectivity index is 2.51. The molecule has 2 atom stereocenters. The molecule has 2 rings (SSSR count). The average Bonchev–Trinajstić information content (AvgIpc) is 2.74. The zero-order chi connectivity index (χ0) is 10.3. The summed E-state index contributed by atoms with van der Waals surface area (Å²) in [5, 5.41) is 0. The largest absolute Gasteiger partial charge is 0.496 e. The molecule has 1 aliphatic rings. The number of methoxy groups -OCH3 is 1. The molecule has 0 amide bonds. The van der Waals surface area contributed by atoms with E-state index in [9.17, 15) is 4.39 Å². The summed E-state index contributed by atoms with van der Waals surface area (Å²) in [5.74, 6) is 0.375. The van der Waals surface area contributed by atoms with Gasteiger partial charge in [0.1, 0.15) is 11.6 Å². The number of halogens is 1. The molecule has 0 heterocycles. The summed E-state index contributed by atoms with van der Waals surface area (Å²) in [6, 6.07) is 4.92. The fourth-order valence-corrected chi connectivity index (χ4v) is 1.91. The van der Waals surface area contributed by atoms with Gasteiger partial charge in [-0.15, -0.1) is 0 Å². The Bertz CT molecular complexity index is 366. The van der Waals surface area contributed by atoms with Crippen molar-refractivity contribution in [3.63, 3.8) is 0 Å². The van der Waals surface area contributed by atoms with Gasteiger partial charge in [-0.1, -0.05) is 13.0 Å². The zero-order valence-electron chi connectivity index (χ0n) is 8.38. The van der Waals surface area contributed by atoms with Crippen LogP contribution in [0.2, 0.25) is 0 Å². The Morgan fingerprint density at radius 3 is 2.71 bits per heavy atom. The molecular formula is C11H14FNO. The molecule has 0 aliphatic heterocycles. The van der Waals surface area contributed by atoms with Crippen LogP contribution < -0.4 is 10.5 Å². The van der Waals surface area contributed by atoms with Gasteiger partial charge in [0, 0.05) is 17.0 Å². The minimum Gasteiger partial charge on any atom is -0.496 e. The second kappa shape index (κ2) is 2.95. The molecule has 2 N–H and O–H groups in total. The van der Waals surface area contributed by atoms with Gasteiger partial charge in [0.15, 0.2) is 0 Å². The Hall–Kier alpha value is -1.09. The summed E-state index contributed by atoms with van der Waals surface area (Å²) in [6.07, 6.45) is 0.824. The van der Waals surface area contributed by atoms with Crippen LogP contribution >= 0.6 is 0 Å². The van der Waals surface area contributed by atoms with Crippen molar-refractivity contribution in [1.29, 1.82) is 0 Å². The van der Waals surface area contributed by atoms with E-state index in [0.717, 1.165) is 6.42 Å². The van der Waals surface area contributed by atoms with Crippen molar-refractivity contribution in [1.82, 2.24) is 0 Å². The van der Waals surface area contributed by atoms with Gasteiger partial charge in [0.2, 0.25) is 0 Å². The van der Waals surface area contributed by atoms with Gasteiger partial charge in [-0.2, -0.15) is 0 Å². The molecule has 0 aromatic heterocycles. The van der Waals surface area contributed by atoms with Gasteiger partial charge in [-0.25, -0.2) is 4.39 Å². The van der Waals surface area contributed by atoms with E-state index in [4.69, 9.17) is 10.5 Å². The SMILES string of the molecule is COc1cccc(F)c1C1(C)CC1N. The third kappa shape index (κ3) is 1.20. The van der Waals surface area contributed by atoms with E-state index in [2.05, 4.69) is 0 Å². The van der Waals surface area contributed by atoms with Crippen molar-refractivity contribution in [3.8, 4) is 5.75 Å². The molecule has 1 aromatic carbocycles. The van der Waals surface area contributed by atoms with Crippen molar-refractivity contribution >= 4 is 0 Å². The first-order valence-corrected chi connectivity index (χ1v) is 4.68. The molecule has 2 nitrogen and oxygen atoms in total. The second-order valence-corrected chi connectivity index (χ2v) is 4.05. The summed E-state index contributed by atoms with van der Waals surface area (Å²) in [4.78, 5) is 0. The lowest BCUT2D eigenvalue weighted by Gasteiger charge is -2.15. The number of hydrogen-bond acceptors (Lipinski definition) is 2. The van der Waals surface area contributed by atoms with Crippen LogP contribution in [0, 0.1) is 5.82 Å². The number of hydrogen-bond donors (Lipinski definition) is 1. The van der Waals surface area contributed by atoms with E-state index >= 15 is 0 Å². The molecular weight excluding hydrogens is 181 g/mol. The lowest BCUT2D eigenvalue weighted by molar-refractivity contribution is 0.398. The molecule has 2 unspecified atom stereocenters. The molecule has 76 valence electrons. The highest BCUT2D eigenvalue weighted by Crippen LogP contribution is 2.50. The van der Waals surface area contributed by atoms with Crippen molar-refractivity contribution in [2.45, 2.75) is 24.8 Å².